The van der Waals surface area contributed by atoms with Gasteiger partial charge in [-0.05, 0) is 42.5 Å². The Balaban J connectivity index is 1.50. The topological polar surface area (TPSA) is 88.9 Å². The van der Waals surface area contributed by atoms with Gasteiger partial charge in [-0.2, -0.15) is 15.0 Å². The first-order valence-electron chi connectivity index (χ1n) is 8.04. The third-order valence-electron chi connectivity index (χ3n) is 3.88. The van der Waals surface area contributed by atoms with Crippen LogP contribution in [0.5, 0.6) is 0 Å². The molecule has 0 atom stereocenters. The van der Waals surface area contributed by atoms with Gasteiger partial charge in [-0.25, -0.2) is 0 Å². The molecular weight excluding hydrogens is 350 g/mol. The highest BCUT2D eigenvalue weighted by atomic mass is 32.2. The summed E-state index contributed by atoms with van der Waals surface area (Å²) in [6.45, 7) is 0. The minimum atomic E-state index is -0.235. The fraction of sp³-hybridized carbons (Fsp3) is 0.111. The van der Waals surface area contributed by atoms with E-state index in [9.17, 15) is 9.59 Å². The van der Waals surface area contributed by atoms with Crippen molar-refractivity contribution >= 4 is 35.0 Å². The Kier molecular flexibility index (Phi) is 4.40. The summed E-state index contributed by atoms with van der Waals surface area (Å²) in [5, 5.41) is 13.8. The van der Waals surface area contributed by atoms with Crippen LogP contribution in [0.15, 0.2) is 59.8 Å². The third-order valence-corrected chi connectivity index (χ3v) is 4.95. The molecule has 0 unspecified atom stereocenters. The number of nitrogens with zero attached hydrogens (tertiary/aromatic N) is 3. The number of rotatable bonds is 3. The molecule has 1 aromatic heterocycles. The van der Waals surface area contributed by atoms with E-state index < -0.39 is 0 Å². The largest absolute Gasteiger partial charge is 0.325 e. The predicted molar refractivity (Wildman–Crippen MR) is 99.7 cm³/mol. The van der Waals surface area contributed by atoms with E-state index in [-0.39, 0.29) is 11.8 Å². The smallest absolute Gasteiger partial charge is 0.255 e. The molecule has 0 saturated carbocycles. The van der Waals surface area contributed by atoms with Gasteiger partial charge in [0.1, 0.15) is 0 Å². The van der Waals surface area contributed by atoms with Crippen LogP contribution in [-0.4, -0.2) is 32.6 Å². The van der Waals surface area contributed by atoms with Crippen molar-refractivity contribution in [1.82, 2.24) is 15.0 Å². The minimum absolute atomic E-state index is 0.0309. The molecule has 4 rings (SSSR count). The molecule has 7 nitrogen and oxygen atoms in total. The van der Waals surface area contributed by atoms with Gasteiger partial charge in [0, 0.05) is 28.3 Å². The van der Waals surface area contributed by atoms with E-state index in [1.807, 2.05) is 18.2 Å². The average Bonchev–Trinajstić information content (AvgIpc) is 3.11. The van der Waals surface area contributed by atoms with Crippen molar-refractivity contribution in [3.05, 3.63) is 60.4 Å². The Morgan fingerprint density at radius 1 is 1.12 bits per heavy atom. The number of hydrogen-bond acceptors (Lipinski definition) is 5. The number of anilines is 2. The van der Waals surface area contributed by atoms with Crippen LogP contribution in [0.2, 0.25) is 0 Å². The van der Waals surface area contributed by atoms with Gasteiger partial charge in [0.2, 0.25) is 5.91 Å². The number of amides is 2. The Morgan fingerprint density at radius 2 is 1.88 bits per heavy atom. The fourth-order valence-corrected chi connectivity index (χ4v) is 3.53. The summed E-state index contributed by atoms with van der Waals surface area (Å²) < 4.78 is 0. The second kappa shape index (κ2) is 7.01. The molecule has 0 radical (unpaired) electrons. The van der Waals surface area contributed by atoms with Crippen LogP contribution in [0, 0.1) is 0 Å². The van der Waals surface area contributed by atoms with Gasteiger partial charge < -0.3 is 10.6 Å². The predicted octanol–water partition coefficient (Wildman–Crippen LogP) is 2.95. The van der Waals surface area contributed by atoms with Crippen LogP contribution >= 0.6 is 11.8 Å². The lowest BCUT2D eigenvalue weighted by atomic mass is 10.1. The summed E-state index contributed by atoms with van der Waals surface area (Å²) >= 11 is 1.61. The number of fused-ring (bicyclic) bond motifs is 1. The highest BCUT2D eigenvalue weighted by Crippen LogP contribution is 2.31. The molecule has 2 heterocycles. The third kappa shape index (κ3) is 3.45. The van der Waals surface area contributed by atoms with Crippen molar-refractivity contribution in [2.45, 2.75) is 11.3 Å². The van der Waals surface area contributed by atoms with Crippen LogP contribution < -0.4 is 10.6 Å². The molecule has 1 aliphatic heterocycles. The molecule has 0 fully saturated rings. The molecule has 1 aliphatic rings. The maximum atomic E-state index is 12.5. The molecule has 8 heteroatoms. The first-order chi connectivity index (χ1) is 12.7. The van der Waals surface area contributed by atoms with Gasteiger partial charge in [-0.1, -0.05) is 0 Å². The van der Waals surface area contributed by atoms with Crippen LogP contribution in [-0.2, 0) is 4.79 Å². The number of hydrogen-bond donors (Lipinski definition) is 2. The van der Waals surface area contributed by atoms with Crippen LogP contribution in [0.1, 0.15) is 16.8 Å². The lowest BCUT2D eigenvalue weighted by Gasteiger charge is -2.10. The normalized spacial score (nSPS) is 13.5. The zero-order valence-corrected chi connectivity index (χ0v) is 14.5. The molecular formula is C18H15N5O2S. The molecule has 0 spiro atoms. The first kappa shape index (κ1) is 16.3. The number of nitrogens with one attached hydrogen (secondary N) is 2. The standard InChI is InChI=1S/C18H15N5O2S/c24-17-7-10-26-16-6-1-12(11-15(16)22-17)18(25)21-13-2-4-14(5-3-13)23-19-8-9-20-23/h1-6,8-9,11H,7,10H2,(H,21,25)(H,22,24). The summed E-state index contributed by atoms with van der Waals surface area (Å²) in [5.41, 5.74) is 2.65. The van der Waals surface area contributed by atoms with Crippen molar-refractivity contribution < 1.29 is 9.59 Å². The van der Waals surface area contributed by atoms with Crippen molar-refractivity contribution in [3.63, 3.8) is 0 Å². The highest BCUT2D eigenvalue weighted by molar-refractivity contribution is 7.99. The Labute approximate surface area is 153 Å². The highest BCUT2D eigenvalue weighted by Gasteiger charge is 2.16. The summed E-state index contributed by atoms with van der Waals surface area (Å²) in [6.07, 6.45) is 3.68. The number of aromatic nitrogens is 3. The average molecular weight is 365 g/mol. The summed E-state index contributed by atoms with van der Waals surface area (Å²) in [5.74, 6) is 0.472. The van der Waals surface area contributed by atoms with Crippen molar-refractivity contribution in [3.8, 4) is 5.69 Å². The second-order valence-electron chi connectivity index (χ2n) is 5.68. The lowest BCUT2D eigenvalue weighted by Crippen LogP contribution is -2.14. The lowest BCUT2D eigenvalue weighted by molar-refractivity contribution is -0.115. The molecule has 26 heavy (non-hydrogen) atoms. The van der Waals surface area contributed by atoms with Gasteiger partial charge in [0.25, 0.3) is 5.91 Å². The second-order valence-corrected chi connectivity index (χ2v) is 6.81. The Morgan fingerprint density at radius 3 is 2.65 bits per heavy atom. The van der Waals surface area contributed by atoms with Gasteiger partial charge >= 0.3 is 0 Å². The SMILES string of the molecule is O=C1CCSc2ccc(C(=O)Nc3ccc(-n4nccn4)cc3)cc2N1. The van der Waals surface area contributed by atoms with Crippen molar-refractivity contribution in [2.75, 3.05) is 16.4 Å². The number of carbonyl (C=O) groups is 2. The van der Waals surface area contributed by atoms with E-state index in [0.29, 0.717) is 23.4 Å². The van der Waals surface area contributed by atoms with E-state index in [2.05, 4.69) is 20.8 Å². The molecule has 0 bridgehead atoms. The molecule has 2 amide bonds. The van der Waals surface area contributed by atoms with Crippen molar-refractivity contribution in [1.29, 1.82) is 0 Å². The fourth-order valence-electron chi connectivity index (χ4n) is 2.59. The van der Waals surface area contributed by atoms with Crippen LogP contribution in [0.25, 0.3) is 5.69 Å². The van der Waals surface area contributed by atoms with Crippen molar-refractivity contribution in [2.24, 2.45) is 0 Å². The van der Waals surface area contributed by atoms with Gasteiger partial charge in [0.15, 0.2) is 0 Å². The Bertz CT molecular complexity index is 954. The van der Waals surface area contributed by atoms with E-state index in [1.165, 1.54) is 4.80 Å². The number of thioether (sulfide) groups is 1. The van der Waals surface area contributed by atoms with Gasteiger partial charge in [-0.3, -0.25) is 9.59 Å². The molecule has 130 valence electrons. The van der Waals surface area contributed by atoms with Crippen LogP contribution in [0.4, 0.5) is 11.4 Å². The van der Waals surface area contributed by atoms with E-state index in [1.54, 1.807) is 48.4 Å². The van der Waals surface area contributed by atoms with Gasteiger partial charge in [-0.15, -0.1) is 11.8 Å². The molecule has 2 N–H and O–H groups in total. The quantitative estimate of drug-likeness (QED) is 0.745. The molecule has 0 aliphatic carbocycles. The minimum Gasteiger partial charge on any atom is -0.325 e. The zero-order valence-electron chi connectivity index (χ0n) is 13.7. The maximum Gasteiger partial charge on any atom is 0.255 e. The van der Waals surface area contributed by atoms with E-state index in [0.717, 1.165) is 16.3 Å². The summed E-state index contributed by atoms with van der Waals surface area (Å²) in [6, 6.07) is 12.6. The summed E-state index contributed by atoms with van der Waals surface area (Å²) in [4.78, 5) is 26.7. The first-order valence-corrected chi connectivity index (χ1v) is 9.02. The molecule has 3 aromatic rings. The Hall–Kier alpha value is -3.13. The zero-order chi connectivity index (χ0) is 17.9. The molecule has 2 aromatic carbocycles. The van der Waals surface area contributed by atoms with Gasteiger partial charge in [0.05, 0.1) is 23.8 Å². The summed E-state index contributed by atoms with van der Waals surface area (Å²) in [7, 11) is 0. The van der Waals surface area contributed by atoms with Crippen LogP contribution in [0.3, 0.4) is 0 Å². The number of benzene rings is 2. The monoisotopic (exact) mass is 365 g/mol. The number of carbonyl (C=O) groups excluding carboxylic acids is 2. The molecule has 0 saturated heterocycles. The van der Waals surface area contributed by atoms with E-state index >= 15 is 0 Å². The van der Waals surface area contributed by atoms with E-state index in [4.69, 9.17) is 0 Å². The maximum absolute atomic E-state index is 12.5.